The third kappa shape index (κ3) is 3.13. The number of aromatic nitrogens is 2. The molecule has 2 rings (SSSR count). The molecule has 18 heavy (non-hydrogen) atoms. The second-order valence-electron chi connectivity index (χ2n) is 3.79. The Kier molecular flexibility index (Phi) is 4.45. The number of benzene rings is 1. The van der Waals surface area contributed by atoms with Crippen molar-refractivity contribution in [2.75, 3.05) is 5.32 Å². The van der Waals surface area contributed by atoms with E-state index in [0.29, 0.717) is 11.0 Å². The van der Waals surface area contributed by atoms with Gasteiger partial charge in [-0.05, 0) is 70.6 Å². The molecule has 1 heterocycles. The SMILES string of the molecule is Cc1nc(Cl)c(Nc2ccc(I)c(Br)c2)nc1C. The fourth-order valence-electron chi connectivity index (χ4n) is 1.37. The standard InChI is InChI=1S/C12H10BrClIN3/c1-6-7(2)17-12(11(14)16-6)18-8-3-4-10(15)9(13)5-8/h3-5H,1-2H3,(H,17,18). The van der Waals surface area contributed by atoms with Gasteiger partial charge < -0.3 is 5.32 Å². The van der Waals surface area contributed by atoms with Crippen LogP contribution >= 0.6 is 50.1 Å². The van der Waals surface area contributed by atoms with Gasteiger partial charge in [0.2, 0.25) is 0 Å². The van der Waals surface area contributed by atoms with E-state index in [0.717, 1.165) is 25.1 Å². The van der Waals surface area contributed by atoms with Crippen molar-refractivity contribution in [1.82, 2.24) is 9.97 Å². The van der Waals surface area contributed by atoms with Gasteiger partial charge in [0.05, 0.1) is 11.4 Å². The van der Waals surface area contributed by atoms with Crippen molar-refractivity contribution in [2.24, 2.45) is 0 Å². The Hall–Kier alpha value is -0.400. The maximum atomic E-state index is 6.07. The van der Waals surface area contributed by atoms with Crippen molar-refractivity contribution >= 4 is 61.6 Å². The van der Waals surface area contributed by atoms with Crippen LogP contribution in [0.5, 0.6) is 0 Å². The summed E-state index contributed by atoms with van der Waals surface area (Å²) in [5.74, 6) is 0.577. The van der Waals surface area contributed by atoms with Crippen molar-refractivity contribution < 1.29 is 0 Å². The molecule has 2 aromatic rings. The predicted octanol–water partition coefficient (Wildman–Crippen LogP) is 4.86. The molecule has 1 N–H and O–H groups in total. The van der Waals surface area contributed by atoms with E-state index in [-0.39, 0.29) is 0 Å². The van der Waals surface area contributed by atoms with Gasteiger partial charge in [0.15, 0.2) is 11.0 Å². The molecule has 0 fully saturated rings. The fourth-order valence-corrected chi connectivity index (χ4v) is 2.30. The maximum absolute atomic E-state index is 6.07. The summed E-state index contributed by atoms with van der Waals surface area (Å²) in [5.41, 5.74) is 2.63. The normalized spacial score (nSPS) is 10.5. The van der Waals surface area contributed by atoms with E-state index in [4.69, 9.17) is 11.6 Å². The van der Waals surface area contributed by atoms with Gasteiger partial charge in [-0.25, -0.2) is 9.97 Å². The molecule has 0 saturated carbocycles. The lowest BCUT2D eigenvalue weighted by Crippen LogP contribution is -2.00. The first kappa shape index (κ1) is 14.0. The molecule has 1 aromatic heterocycles. The molecule has 0 spiro atoms. The predicted molar refractivity (Wildman–Crippen MR) is 86.7 cm³/mol. The Morgan fingerprint density at radius 1 is 1.22 bits per heavy atom. The molecule has 0 aliphatic heterocycles. The topological polar surface area (TPSA) is 37.8 Å². The van der Waals surface area contributed by atoms with Crippen molar-refractivity contribution in [2.45, 2.75) is 13.8 Å². The molecule has 3 nitrogen and oxygen atoms in total. The van der Waals surface area contributed by atoms with Crippen LogP contribution in [0.15, 0.2) is 22.7 Å². The first-order chi connectivity index (χ1) is 8.47. The highest BCUT2D eigenvalue weighted by atomic mass is 127. The van der Waals surface area contributed by atoms with Crippen molar-refractivity contribution in [1.29, 1.82) is 0 Å². The number of halogens is 3. The van der Waals surface area contributed by atoms with Gasteiger partial charge in [0.1, 0.15) is 0 Å². The van der Waals surface area contributed by atoms with E-state index in [1.807, 2.05) is 32.0 Å². The zero-order valence-corrected chi connectivity index (χ0v) is 14.3. The van der Waals surface area contributed by atoms with Crippen LogP contribution in [-0.4, -0.2) is 9.97 Å². The number of aryl methyl sites for hydroxylation is 2. The largest absolute Gasteiger partial charge is 0.338 e. The molecule has 0 atom stereocenters. The van der Waals surface area contributed by atoms with Gasteiger partial charge >= 0.3 is 0 Å². The Balaban J connectivity index is 2.34. The van der Waals surface area contributed by atoms with Gasteiger partial charge in [-0.2, -0.15) is 0 Å². The molecular formula is C12H10BrClIN3. The summed E-state index contributed by atoms with van der Waals surface area (Å²) in [4.78, 5) is 8.63. The molecule has 0 radical (unpaired) electrons. The number of rotatable bonds is 2. The van der Waals surface area contributed by atoms with Crippen LogP contribution in [0.3, 0.4) is 0 Å². The van der Waals surface area contributed by atoms with Crippen LogP contribution in [0.4, 0.5) is 11.5 Å². The maximum Gasteiger partial charge on any atom is 0.172 e. The Bertz CT molecular complexity index is 604. The van der Waals surface area contributed by atoms with Gasteiger partial charge in [-0.15, -0.1) is 0 Å². The third-order valence-electron chi connectivity index (χ3n) is 2.45. The lowest BCUT2D eigenvalue weighted by atomic mass is 10.3. The second kappa shape index (κ2) is 5.71. The van der Waals surface area contributed by atoms with Crippen LogP contribution in [0.1, 0.15) is 11.4 Å². The average Bonchev–Trinajstić information content (AvgIpc) is 2.31. The quantitative estimate of drug-likeness (QED) is 0.681. The zero-order valence-electron chi connectivity index (χ0n) is 9.76. The molecule has 0 bridgehead atoms. The van der Waals surface area contributed by atoms with E-state index < -0.39 is 0 Å². The molecular weight excluding hydrogens is 428 g/mol. The van der Waals surface area contributed by atoms with E-state index >= 15 is 0 Å². The number of anilines is 2. The summed E-state index contributed by atoms with van der Waals surface area (Å²) >= 11 is 11.8. The highest BCUT2D eigenvalue weighted by Crippen LogP contribution is 2.27. The summed E-state index contributed by atoms with van der Waals surface area (Å²) in [6, 6.07) is 5.96. The minimum Gasteiger partial charge on any atom is -0.338 e. The molecule has 0 aliphatic carbocycles. The van der Waals surface area contributed by atoms with Gasteiger partial charge in [-0.1, -0.05) is 11.6 Å². The molecule has 94 valence electrons. The minimum atomic E-state index is 0.382. The van der Waals surface area contributed by atoms with Gasteiger partial charge in [0, 0.05) is 13.7 Å². The second-order valence-corrected chi connectivity index (χ2v) is 6.16. The lowest BCUT2D eigenvalue weighted by Gasteiger charge is -2.10. The van der Waals surface area contributed by atoms with Crippen molar-refractivity contribution in [3.63, 3.8) is 0 Å². The van der Waals surface area contributed by atoms with E-state index in [1.165, 1.54) is 0 Å². The minimum absolute atomic E-state index is 0.382. The van der Waals surface area contributed by atoms with Crippen molar-refractivity contribution in [3.8, 4) is 0 Å². The van der Waals surface area contributed by atoms with E-state index in [2.05, 4.69) is 53.8 Å². The van der Waals surface area contributed by atoms with Crippen LogP contribution in [0.2, 0.25) is 5.15 Å². The summed E-state index contributed by atoms with van der Waals surface area (Å²) < 4.78 is 2.18. The molecule has 1 aromatic carbocycles. The number of nitrogens with zero attached hydrogens (tertiary/aromatic N) is 2. The summed E-state index contributed by atoms with van der Waals surface area (Å²) in [7, 11) is 0. The number of hydrogen-bond donors (Lipinski definition) is 1. The molecule has 0 amide bonds. The molecule has 0 unspecified atom stereocenters. The molecule has 0 saturated heterocycles. The lowest BCUT2D eigenvalue weighted by molar-refractivity contribution is 1.05. The first-order valence-electron chi connectivity index (χ1n) is 5.20. The van der Waals surface area contributed by atoms with Gasteiger partial charge in [-0.3, -0.25) is 0 Å². The summed E-state index contributed by atoms with van der Waals surface area (Å²) in [6.45, 7) is 3.80. The summed E-state index contributed by atoms with van der Waals surface area (Å²) in [6.07, 6.45) is 0. The Morgan fingerprint density at radius 3 is 2.56 bits per heavy atom. The Labute approximate surface area is 133 Å². The number of hydrogen-bond acceptors (Lipinski definition) is 3. The van der Waals surface area contributed by atoms with Crippen LogP contribution in [0, 0.1) is 17.4 Å². The summed E-state index contributed by atoms with van der Waals surface area (Å²) in [5, 5.41) is 3.55. The van der Waals surface area contributed by atoms with Crippen LogP contribution in [0.25, 0.3) is 0 Å². The Morgan fingerprint density at radius 2 is 1.89 bits per heavy atom. The monoisotopic (exact) mass is 437 g/mol. The average molecular weight is 438 g/mol. The molecule has 0 aliphatic rings. The van der Waals surface area contributed by atoms with Crippen molar-refractivity contribution in [3.05, 3.63) is 42.8 Å². The van der Waals surface area contributed by atoms with Gasteiger partial charge in [0.25, 0.3) is 0 Å². The fraction of sp³-hybridized carbons (Fsp3) is 0.167. The highest BCUT2D eigenvalue weighted by molar-refractivity contribution is 14.1. The highest BCUT2D eigenvalue weighted by Gasteiger charge is 2.08. The van der Waals surface area contributed by atoms with E-state index in [1.54, 1.807) is 0 Å². The third-order valence-corrected chi connectivity index (χ3v) is 5.05. The smallest absolute Gasteiger partial charge is 0.172 e. The van der Waals surface area contributed by atoms with E-state index in [9.17, 15) is 0 Å². The number of nitrogens with one attached hydrogen (secondary N) is 1. The first-order valence-corrected chi connectivity index (χ1v) is 7.45. The van der Waals surface area contributed by atoms with Crippen LogP contribution < -0.4 is 5.32 Å². The molecule has 6 heteroatoms. The zero-order chi connectivity index (χ0) is 13.3. The van der Waals surface area contributed by atoms with Crippen LogP contribution in [-0.2, 0) is 0 Å².